The molecule has 0 radical (unpaired) electrons. The Kier molecular flexibility index (Phi) is 6.21. The summed E-state index contributed by atoms with van der Waals surface area (Å²) in [6.07, 6.45) is 5.02. The molecule has 0 N–H and O–H groups in total. The molecular weight excluding hydrogens is 388 g/mol. The fraction of sp³-hybridized carbons (Fsp3) is 0.400. The molecule has 0 atom stereocenters. The van der Waals surface area contributed by atoms with Crippen LogP contribution in [0.25, 0.3) is 11.3 Å². The van der Waals surface area contributed by atoms with Gasteiger partial charge in [0.1, 0.15) is 5.82 Å². The zero-order chi connectivity index (χ0) is 21.1. The number of nitrogens with zero attached hydrogens (tertiary/aromatic N) is 4. The number of rotatable bonds is 5. The number of benzene rings is 1. The SMILES string of the molecule is CCSc1ccc(-c2ccc(CN3CCc4nc(C(C)(C)C)ncc4C3)cn2)cc1. The van der Waals surface area contributed by atoms with Crippen LogP contribution in [0.3, 0.4) is 0 Å². The number of fused-ring (bicyclic) bond motifs is 1. The van der Waals surface area contributed by atoms with Crippen LogP contribution in [0.5, 0.6) is 0 Å². The van der Waals surface area contributed by atoms with Gasteiger partial charge in [-0.15, -0.1) is 11.8 Å². The molecule has 0 spiro atoms. The molecular formula is C25H30N4S. The van der Waals surface area contributed by atoms with E-state index in [2.05, 4.69) is 74.0 Å². The molecule has 1 aliphatic rings. The molecule has 0 unspecified atom stereocenters. The Hall–Kier alpha value is -2.24. The number of thioether (sulfide) groups is 1. The topological polar surface area (TPSA) is 41.9 Å². The van der Waals surface area contributed by atoms with E-state index in [1.165, 1.54) is 27.3 Å². The maximum atomic E-state index is 4.84. The Labute approximate surface area is 184 Å². The third kappa shape index (κ3) is 4.90. The minimum absolute atomic E-state index is 0.00522. The number of hydrogen-bond donors (Lipinski definition) is 0. The molecule has 4 rings (SSSR count). The molecule has 0 aliphatic carbocycles. The van der Waals surface area contributed by atoms with Gasteiger partial charge in [0.05, 0.1) is 5.69 Å². The second-order valence-electron chi connectivity index (χ2n) is 8.89. The second-order valence-corrected chi connectivity index (χ2v) is 10.2. The van der Waals surface area contributed by atoms with Gasteiger partial charge in [0, 0.05) is 65.6 Å². The molecule has 30 heavy (non-hydrogen) atoms. The third-order valence-electron chi connectivity index (χ3n) is 5.38. The largest absolute Gasteiger partial charge is 0.294 e. The van der Waals surface area contributed by atoms with E-state index in [0.29, 0.717) is 0 Å². The molecule has 156 valence electrons. The van der Waals surface area contributed by atoms with Crippen molar-refractivity contribution >= 4 is 11.8 Å². The Bertz CT molecular complexity index is 991. The summed E-state index contributed by atoms with van der Waals surface area (Å²) < 4.78 is 0. The van der Waals surface area contributed by atoms with Crippen LogP contribution in [-0.2, 0) is 24.9 Å². The first-order valence-electron chi connectivity index (χ1n) is 10.7. The molecule has 0 bridgehead atoms. The summed E-state index contributed by atoms with van der Waals surface area (Å²) >= 11 is 1.86. The predicted molar refractivity (Wildman–Crippen MR) is 125 cm³/mol. The zero-order valence-electron chi connectivity index (χ0n) is 18.4. The standard InChI is InChI=1S/C25H30N4S/c1-5-30-21-9-7-19(8-10-21)22-11-6-18(14-26-22)16-29-13-12-23-20(17-29)15-27-24(28-23)25(2,3)4/h6-11,14-15H,5,12-13,16-17H2,1-4H3. The molecule has 0 amide bonds. The third-order valence-corrected chi connectivity index (χ3v) is 6.27. The number of hydrogen-bond acceptors (Lipinski definition) is 5. The average Bonchev–Trinajstić information content (AvgIpc) is 2.74. The summed E-state index contributed by atoms with van der Waals surface area (Å²) in [5, 5.41) is 0. The van der Waals surface area contributed by atoms with E-state index in [1.807, 2.05) is 24.2 Å². The van der Waals surface area contributed by atoms with Gasteiger partial charge < -0.3 is 0 Å². The summed E-state index contributed by atoms with van der Waals surface area (Å²) in [5.74, 6) is 2.03. The van der Waals surface area contributed by atoms with Crippen molar-refractivity contribution in [2.45, 2.75) is 57.5 Å². The average molecular weight is 419 g/mol. The van der Waals surface area contributed by atoms with Gasteiger partial charge in [-0.2, -0.15) is 0 Å². The van der Waals surface area contributed by atoms with Crippen LogP contribution in [0.1, 0.15) is 50.3 Å². The molecule has 3 heterocycles. The minimum Gasteiger partial charge on any atom is -0.294 e. The van der Waals surface area contributed by atoms with Crippen molar-refractivity contribution in [1.29, 1.82) is 0 Å². The van der Waals surface area contributed by atoms with Crippen LogP contribution < -0.4 is 0 Å². The highest BCUT2D eigenvalue weighted by Crippen LogP contribution is 2.25. The lowest BCUT2D eigenvalue weighted by molar-refractivity contribution is 0.242. The van der Waals surface area contributed by atoms with Gasteiger partial charge in [-0.05, 0) is 29.5 Å². The highest BCUT2D eigenvalue weighted by molar-refractivity contribution is 7.99. The van der Waals surface area contributed by atoms with Gasteiger partial charge in [-0.25, -0.2) is 9.97 Å². The van der Waals surface area contributed by atoms with Crippen molar-refractivity contribution in [3.8, 4) is 11.3 Å². The predicted octanol–water partition coefficient (Wildman–Crippen LogP) is 5.51. The van der Waals surface area contributed by atoms with Crippen LogP contribution in [0.2, 0.25) is 0 Å². The van der Waals surface area contributed by atoms with Crippen molar-refractivity contribution in [1.82, 2.24) is 19.9 Å². The molecule has 2 aromatic heterocycles. The van der Waals surface area contributed by atoms with E-state index >= 15 is 0 Å². The van der Waals surface area contributed by atoms with Gasteiger partial charge in [-0.3, -0.25) is 9.88 Å². The van der Waals surface area contributed by atoms with E-state index in [4.69, 9.17) is 9.97 Å². The first-order valence-corrected chi connectivity index (χ1v) is 11.7. The molecule has 0 saturated carbocycles. The van der Waals surface area contributed by atoms with E-state index in [-0.39, 0.29) is 5.41 Å². The second kappa shape index (κ2) is 8.86. The van der Waals surface area contributed by atoms with Crippen molar-refractivity contribution in [3.05, 3.63) is 71.4 Å². The summed E-state index contributed by atoms with van der Waals surface area (Å²) in [4.78, 5) is 17.9. The summed E-state index contributed by atoms with van der Waals surface area (Å²) in [5.41, 5.74) is 5.90. The fourth-order valence-electron chi connectivity index (χ4n) is 3.71. The first kappa shape index (κ1) is 21.0. The van der Waals surface area contributed by atoms with Gasteiger partial charge >= 0.3 is 0 Å². The lowest BCUT2D eigenvalue weighted by atomic mass is 9.95. The van der Waals surface area contributed by atoms with Gasteiger partial charge in [0.15, 0.2) is 0 Å². The highest BCUT2D eigenvalue weighted by Gasteiger charge is 2.22. The van der Waals surface area contributed by atoms with Crippen molar-refractivity contribution in [2.24, 2.45) is 0 Å². The highest BCUT2D eigenvalue weighted by atomic mass is 32.2. The molecule has 0 saturated heterocycles. The van der Waals surface area contributed by atoms with Gasteiger partial charge in [-0.1, -0.05) is 45.9 Å². The fourth-order valence-corrected chi connectivity index (χ4v) is 4.37. The zero-order valence-corrected chi connectivity index (χ0v) is 19.2. The van der Waals surface area contributed by atoms with Crippen LogP contribution in [-0.4, -0.2) is 32.1 Å². The van der Waals surface area contributed by atoms with Gasteiger partial charge in [0.2, 0.25) is 0 Å². The Morgan fingerprint density at radius 1 is 1.00 bits per heavy atom. The Morgan fingerprint density at radius 3 is 2.47 bits per heavy atom. The summed E-state index contributed by atoms with van der Waals surface area (Å²) in [6, 6.07) is 13.0. The van der Waals surface area contributed by atoms with Crippen LogP contribution in [0, 0.1) is 0 Å². The Balaban J connectivity index is 1.40. The van der Waals surface area contributed by atoms with Crippen LogP contribution in [0.15, 0.2) is 53.7 Å². The van der Waals surface area contributed by atoms with Gasteiger partial charge in [0.25, 0.3) is 0 Å². The van der Waals surface area contributed by atoms with Crippen molar-refractivity contribution in [2.75, 3.05) is 12.3 Å². The lowest BCUT2D eigenvalue weighted by Crippen LogP contribution is -2.32. The maximum Gasteiger partial charge on any atom is 0.133 e. The van der Waals surface area contributed by atoms with Crippen molar-refractivity contribution < 1.29 is 0 Å². The van der Waals surface area contributed by atoms with E-state index in [1.54, 1.807) is 0 Å². The monoisotopic (exact) mass is 418 g/mol. The van der Waals surface area contributed by atoms with E-state index in [0.717, 1.165) is 43.3 Å². The smallest absolute Gasteiger partial charge is 0.133 e. The molecule has 0 fully saturated rings. The maximum absolute atomic E-state index is 4.84. The van der Waals surface area contributed by atoms with Crippen molar-refractivity contribution in [3.63, 3.8) is 0 Å². The molecule has 1 aliphatic heterocycles. The van der Waals surface area contributed by atoms with E-state index < -0.39 is 0 Å². The molecule has 3 aromatic rings. The van der Waals surface area contributed by atoms with E-state index in [9.17, 15) is 0 Å². The molecule has 4 nitrogen and oxygen atoms in total. The molecule has 1 aromatic carbocycles. The Morgan fingerprint density at radius 2 is 1.80 bits per heavy atom. The van der Waals surface area contributed by atoms with Crippen LogP contribution >= 0.6 is 11.8 Å². The lowest BCUT2D eigenvalue weighted by Gasteiger charge is -2.29. The minimum atomic E-state index is -0.00522. The number of aromatic nitrogens is 3. The first-order chi connectivity index (χ1) is 14.4. The number of pyridine rings is 1. The van der Waals surface area contributed by atoms with Crippen LogP contribution in [0.4, 0.5) is 0 Å². The quantitative estimate of drug-likeness (QED) is 0.511. The summed E-state index contributed by atoms with van der Waals surface area (Å²) in [7, 11) is 0. The normalized spacial score (nSPS) is 14.5. The summed E-state index contributed by atoms with van der Waals surface area (Å²) in [6.45, 7) is 11.5. The molecule has 5 heteroatoms.